The lowest BCUT2D eigenvalue weighted by Gasteiger charge is -2.15. The molecule has 0 nitrogen and oxygen atoms in total. The summed E-state index contributed by atoms with van der Waals surface area (Å²) < 4.78 is 0. The van der Waals surface area contributed by atoms with E-state index in [9.17, 15) is 0 Å². The first-order chi connectivity index (χ1) is 6.38. The summed E-state index contributed by atoms with van der Waals surface area (Å²) in [6, 6.07) is 11.5. The number of benzene rings is 1. The zero-order chi connectivity index (χ0) is 9.52. The minimum absolute atomic E-state index is 0.768. The summed E-state index contributed by atoms with van der Waals surface area (Å²) in [5.74, 6) is 0.768. The van der Waals surface area contributed by atoms with Gasteiger partial charge in [0.1, 0.15) is 0 Å². The molecule has 0 aliphatic rings. The zero-order valence-electron chi connectivity index (χ0n) is 8.72. The van der Waals surface area contributed by atoms with Gasteiger partial charge in [-0.15, -0.1) is 0 Å². The second-order valence-corrected chi connectivity index (χ2v) is 3.61. The topological polar surface area (TPSA) is 0 Å². The molecule has 1 rings (SSSR count). The van der Waals surface area contributed by atoms with E-state index >= 15 is 0 Å². The van der Waals surface area contributed by atoms with Crippen molar-refractivity contribution < 1.29 is 0 Å². The number of hydrogen-bond acceptors (Lipinski definition) is 0. The van der Waals surface area contributed by atoms with Gasteiger partial charge in [0.15, 0.2) is 0 Å². The highest BCUT2D eigenvalue weighted by Crippen LogP contribution is 2.25. The Morgan fingerprint density at radius 2 is 1.62 bits per heavy atom. The van der Waals surface area contributed by atoms with Gasteiger partial charge in [-0.25, -0.2) is 0 Å². The fourth-order valence-corrected chi connectivity index (χ4v) is 1.85. The molecular formula is C13H19. The molecule has 0 saturated carbocycles. The molecule has 0 amide bonds. The fourth-order valence-electron chi connectivity index (χ4n) is 1.85. The van der Waals surface area contributed by atoms with Crippen LogP contribution in [0.3, 0.4) is 0 Å². The first kappa shape index (κ1) is 10.3. The third-order valence-corrected chi connectivity index (χ3v) is 2.49. The smallest absolute Gasteiger partial charge is 0.0162 e. The molecule has 0 heterocycles. The van der Waals surface area contributed by atoms with Crippen molar-refractivity contribution >= 4 is 0 Å². The largest absolute Gasteiger partial charge is 0.0654 e. The van der Waals surface area contributed by atoms with Gasteiger partial charge >= 0.3 is 0 Å². The number of rotatable bonds is 5. The van der Waals surface area contributed by atoms with Crippen molar-refractivity contribution in [2.75, 3.05) is 0 Å². The molecule has 13 heavy (non-hydrogen) atoms. The summed E-state index contributed by atoms with van der Waals surface area (Å²) in [5, 5.41) is 0. The maximum absolute atomic E-state index is 3.07. The predicted octanol–water partition coefficient (Wildman–Crippen LogP) is 4.17. The van der Waals surface area contributed by atoms with Crippen LogP contribution >= 0.6 is 0 Å². The van der Waals surface area contributed by atoms with Crippen LogP contribution in [0.15, 0.2) is 24.3 Å². The van der Waals surface area contributed by atoms with E-state index in [1.165, 1.54) is 31.2 Å². The molecule has 0 aromatic heterocycles. The molecule has 1 aromatic carbocycles. The van der Waals surface area contributed by atoms with Gasteiger partial charge in [0, 0.05) is 0 Å². The molecule has 0 unspecified atom stereocenters. The van der Waals surface area contributed by atoms with Crippen molar-refractivity contribution in [1.29, 1.82) is 0 Å². The Balaban J connectivity index is 2.64. The molecule has 0 aliphatic heterocycles. The van der Waals surface area contributed by atoms with E-state index in [2.05, 4.69) is 32.0 Å². The van der Waals surface area contributed by atoms with Crippen LogP contribution in [0.2, 0.25) is 0 Å². The first-order valence-corrected chi connectivity index (χ1v) is 5.34. The highest BCUT2D eigenvalue weighted by atomic mass is 14.1. The summed E-state index contributed by atoms with van der Waals surface area (Å²) in [5.41, 5.74) is 1.49. The minimum Gasteiger partial charge on any atom is -0.0654 e. The van der Waals surface area contributed by atoms with Crippen LogP contribution in [-0.4, -0.2) is 0 Å². The Kier molecular flexibility index (Phi) is 4.59. The van der Waals surface area contributed by atoms with Crippen molar-refractivity contribution in [1.82, 2.24) is 0 Å². The summed E-state index contributed by atoms with van der Waals surface area (Å²) >= 11 is 0. The van der Waals surface area contributed by atoms with Crippen LogP contribution < -0.4 is 0 Å². The standard InChI is InChI=1S/C13H19/c1-3-8-12(9-4-2)13-10-6-5-7-11-13/h6-7,10-12H,3-4,8-9H2,1-2H3. The Labute approximate surface area is 82.0 Å². The van der Waals surface area contributed by atoms with Gasteiger partial charge in [-0.3, -0.25) is 0 Å². The van der Waals surface area contributed by atoms with Crippen molar-refractivity contribution in [2.45, 2.75) is 45.4 Å². The molecule has 0 atom stereocenters. The highest BCUT2D eigenvalue weighted by Gasteiger charge is 2.07. The van der Waals surface area contributed by atoms with E-state index in [4.69, 9.17) is 0 Å². The van der Waals surface area contributed by atoms with Crippen LogP contribution in [0.1, 0.15) is 51.0 Å². The molecule has 1 radical (unpaired) electrons. The quantitative estimate of drug-likeness (QED) is 0.630. The Morgan fingerprint density at radius 1 is 1.08 bits per heavy atom. The normalized spacial score (nSPS) is 10.7. The van der Waals surface area contributed by atoms with Gasteiger partial charge in [-0.05, 0) is 30.4 Å². The van der Waals surface area contributed by atoms with Gasteiger partial charge in [-0.2, -0.15) is 0 Å². The van der Waals surface area contributed by atoms with Gasteiger partial charge in [-0.1, -0.05) is 51.0 Å². The molecule has 0 bridgehead atoms. The van der Waals surface area contributed by atoms with Crippen LogP contribution in [0.25, 0.3) is 0 Å². The van der Waals surface area contributed by atoms with E-state index in [-0.39, 0.29) is 0 Å². The van der Waals surface area contributed by atoms with E-state index in [0.717, 1.165) is 5.92 Å². The van der Waals surface area contributed by atoms with Crippen molar-refractivity contribution in [3.8, 4) is 0 Å². The summed E-state index contributed by atoms with van der Waals surface area (Å²) in [4.78, 5) is 0. The lowest BCUT2D eigenvalue weighted by atomic mass is 9.91. The Bertz CT molecular complexity index is 207. The number of hydrogen-bond donors (Lipinski definition) is 0. The third kappa shape index (κ3) is 3.22. The maximum Gasteiger partial charge on any atom is -0.0162 e. The van der Waals surface area contributed by atoms with E-state index in [1.807, 2.05) is 12.1 Å². The molecule has 0 fully saturated rings. The fraction of sp³-hybridized carbons (Fsp3) is 0.538. The predicted molar refractivity (Wildman–Crippen MR) is 57.8 cm³/mol. The average molecular weight is 175 g/mol. The Hall–Kier alpha value is -0.780. The third-order valence-electron chi connectivity index (χ3n) is 2.49. The maximum atomic E-state index is 3.07. The van der Waals surface area contributed by atoms with Crippen molar-refractivity contribution in [3.05, 3.63) is 35.9 Å². The van der Waals surface area contributed by atoms with E-state index in [0.29, 0.717) is 0 Å². The second kappa shape index (κ2) is 5.80. The van der Waals surface area contributed by atoms with Crippen LogP contribution in [0.4, 0.5) is 0 Å². The minimum atomic E-state index is 0.768. The molecule has 71 valence electrons. The van der Waals surface area contributed by atoms with Crippen LogP contribution in [0, 0.1) is 6.07 Å². The van der Waals surface area contributed by atoms with Gasteiger partial charge in [0.25, 0.3) is 0 Å². The molecule has 0 aliphatic carbocycles. The summed E-state index contributed by atoms with van der Waals surface area (Å²) in [6.07, 6.45) is 5.20. The van der Waals surface area contributed by atoms with Crippen molar-refractivity contribution in [2.24, 2.45) is 0 Å². The van der Waals surface area contributed by atoms with Crippen molar-refractivity contribution in [3.63, 3.8) is 0 Å². The van der Waals surface area contributed by atoms with Crippen LogP contribution in [0.5, 0.6) is 0 Å². The van der Waals surface area contributed by atoms with Gasteiger partial charge in [0.05, 0.1) is 0 Å². The summed E-state index contributed by atoms with van der Waals surface area (Å²) in [6.45, 7) is 4.52. The van der Waals surface area contributed by atoms with E-state index < -0.39 is 0 Å². The molecule has 0 spiro atoms. The van der Waals surface area contributed by atoms with Gasteiger partial charge in [0.2, 0.25) is 0 Å². The molecular weight excluding hydrogens is 156 g/mol. The van der Waals surface area contributed by atoms with Gasteiger partial charge < -0.3 is 0 Å². The SMILES string of the molecule is CCCC(CCC)c1cc[c]cc1. The summed E-state index contributed by atoms with van der Waals surface area (Å²) in [7, 11) is 0. The average Bonchev–Trinajstić information content (AvgIpc) is 2.19. The molecule has 0 N–H and O–H groups in total. The monoisotopic (exact) mass is 175 g/mol. The van der Waals surface area contributed by atoms with Crippen LogP contribution in [-0.2, 0) is 0 Å². The lowest BCUT2D eigenvalue weighted by molar-refractivity contribution is 0.561. The Morgan fingerprint density at radius 3 is 2.08 bits per heavy atom. The molecule has 0 heteroatoms. The van der Waals surface area contributed by atoms with E-state index in [1.54, 1.807) is 0 Å². The molecule has 0 saturated heterocycles. The first-order valence-electron chi connectivity index (χ1n) is 5.34. The lowest BCUT2D eigenvalue weighted by Crippen LogP contribution is -1.97. The highest BCUT2D eigenvalue weighted by molar-refractivity contribution is 5.18. The molecule has 1 aromatic rings. The second-order valence-electron chi connectivity index (χ2n) is 3.61. The zero-order valence-corrected chi connectivity index (χ0v) is 8.72.